The highest BCUT2D eigenvalue weighted by molar-refractivity contribution is 6.03. The van der Waals surface area contributed by atoms with E-state index < -0.39 is 0 Å². The predicted molar refractivity (Wildman–Crippen MR) is 33.0 cm³/mol. The highest BCUT2D eigenvalue weighted by Gasteiger charge is 2.15. The van der Waals surface area contributed by atoms with Crippen molar-refractivity contribution in [2.75, 3.05) is 0 Å². The predicted octanol–water partition coefficient (Wildman–Crippen LogP) is 0.750. The number of rotatable bonds is 0. The summed E-state index contributed by atoms with van der Waals surface area (Å²) in [4.78, 5) is 0. The van der Waals surface area contributed by atoms with Crippen LogP contribution in [-0.4, -0.2) is 11.8 Å². The molecule has 0 saturated carbocycles. The summed E-state index contributed by atoms with van der Waals surface area (Å²) in [6, 6.07) is -0.0741. The van der Waals surface area contributed by atoms with Gasteiger partial charge < -0.3 is 0 Å². The lowest BCUT2D eigenvalue weighted by Gasteiger charge is -1.96. The molecule has 0 bridgehead atoms. The van der Waals surface area contributed by atoms with Crippen molar-refractivity contribution in [1.29, 1.82) is 0 Å². The molecule has 1 aliphatic heterocycles. The van der Waals surface area contributed by atoms with Crippen molar-refractivity contribution in [3.05, 3.63) is 12.2 Å². The van der Waals surface area contributed by atoms with Crippen LogP contribution in [0.1, 0.15) is 0 Å². The molecule has 0 amide bonds. The van der Waals surface area contributed by atoms with Gasteiger partial charge in [0.2, 0.25) is 0 Å². The molecule has 1 aliphatic carbocycles. The Kier molecular flexibility index (Phi) is 0.753. The first kappa shape index (κ1) is 4.45. The molecule has 1 atom stereocenters. The molecule has 0 fully saturated rings. The standard InChI is InChI=1S/C6H3N3/c1-2-4-6-5(3-1)7-9-8-6/h1,3,6H. The Morgan fingerprint density at radius 3 is 3.44 bits per heavy atom. The van der Waals surface area contributed by atoms with E-state index in [1.54, 1.807) is 6.08 Å². The van der Waals surface area contributed by atoms with Gasteiger partial charge >= 0.3 is 0 Å². The summed E-state index contributed by atoms with van der Waals surface area (Å²) < 4.78 is 0. The van der Waals surface area contributed by atoms with Crippen LogP contribution in [0.15, 0.2) is 27.6 Å². The molecule has 1 unspecified atom stereocenters. The lowest BCUT2D eigenvalue weighted by molar-refractivity contribution is 0.993. The fourth-order valence-electron chi connectivity index (χ4n) is 0.724. The smallest absolute Gasteiger partial charge is 0.146 e. The highest BCUT2D eigenvalue weighted by Crippen LogP contribution is 2.07. The zero-order valence-corrected chi connectivity index (χ0v) is 4.57. The van der Waals surface area contributed by atoms with Crippen molar-refractivity contribution < 1.29 is 0 Å². The largest absolute Gasteiger partial charge is 0.177 e. The molecule has 0 radical (unpaired) electrons. The molecule has 0 spiro atoms. The summed E-state index contributed by atoms with van der Waals surface area (Å²) in [6.07, 6.45) is 3.59. The molecule has 2 aliphatic rings. The van der Waals surface area contributed by atoms with Crippen LogP contribution < -0.4 is 0 Å². The van der Waals surface area contributed by atoms with E-state index in [1.165, 1.54) is 0 Å². The molecule has 0 aromatic heterocycles. The molecular weight excluding hydrogens is 114 g/mol. The molecule has 0 N–H and O–H groups in total. The Morgan fingerprint density at radius 2 is 2.56 bits per heavy atom. The fourth-order valence-corrected chi connectivity index (χ4v) is 0.724. The van der Waals surface area contributed by atoms with Crippen molar-refractivity contribution in [2.24, 2.45) is 15.4 Å². The number of hydrogen-bond acceptors (Lipinski definition) is 3. The summed E-state index contributed by atoms with van der Waals surface area (Å²) in [5, 5.41) is 11.0. The number of fused-ring (bicyclic) bond motifs is 1. The third-order valence-electron chi connectivity index (χ3n) is 1.16. The topological polar surface area (TPSA) is 37.1 Å². The number of hydrogen-bond donors (Lipinski definition) is 0. The second-order valence-corrected chi connectivity index (χ2v) is 1.75. The summed E-state index contributed by atoms with van der Waals surface area (Å²) in [6.45, 7) is 0. The Bertz CT molecular complexity index is 274. The normalized spacial score (nSPS) is 26.7. The third-order valence-corrected chi connectivity index (χ3v) is 1.16. The van der Waals surface area contributed by atoms with Gasteiger partial charge in [-0.05, 0) is 17.4 Å². The van der Waals surface area contributed by atoms with E-state index in [0.717, 1.165) is 5.71 Å². The highest BCUT2D eigenvalue weighted by atomic mass is 15.4. The Balaban J connectivity index is 2.47. The molecule has 42 valence electrons. The molecule has 2 rings (SSSR count). The maximum atomic E-state index is 3.75. The molecule has 0 saturated heterocycles. The lowest BCUT2D eigenvalue weighted by Crippen LogP contribution is -2.11. The maximum absolute atomic E-state index is 3.75. The van der Waals surface area contributed by atoms with E-state index in [1.807, 2.05) is 6.08 Å². The Labute approximate surface area is 52.2 Å². The Hall–Kier alpha value is -1.43. The van der Waals surface area contributed by atoms with E-state index in [9.17, 15) is 0 Å². The quantitative estimate of drug-likeness (QED) is 0.420. The SMILES string of the molecule is C1#CC2N=NN=C2C=C1. The molecule has 3 heteroatoms. The minimum absolute atomic E-state index is 0.0741. The average Bonchev–Trinajstić information content (AvgIpc) is 2.33. The van der Waals surface area contributed by atoms with Crippen LogP contribution in [0.2, 0.25) is 0 Å². The van der Waals surface area contributed by atoms with Crippen LogP contribution in [0.5, 0.6) is 0 Å². The van der Waals surface area contributed by atoms with Gasteiger partial charge in [0.1, 0.15) is 5.71 Å². The van der Waals surface area contributed by atoms with E-state index in [4.69, 9.17) is 0 Å². The molecule has 1 heterocycles. The van der Waals surface area contributed by atoms with Crippen LogP contribution >= 0.6 is 0 Å². The van der Waals surface area contributed by atoms with Crippen LogP contribution in [0.4, 0.5) is 0 Å². The lowest BCUT2D eigenvalue weighted by atomic mass is 10.1. The number of allylic oxidation sites excluding steroid dienone is 1. The van der Waals surface area contributed by atoms with Gasteiger partial charge in [0, 0.05) is 0 Å². The van der Waals surface area contributed by atoms with E-state index in [-0.39, 0.29) is 6.04 Å². The zero-order valence-electron chi connectivity index (χ0n) is 4.57. The van der Waals surface area contributed by atoms with Gasteiger partial charge in [-0.3, -0.25) is 0 Å². The Morgan fingerprint density at radius 1 is 1.56 bits per heavy atom. The number of nitrogens with zero attached hydrogens (tertiary/aromatic N) is 3. The van der Waals surface area contributed by atoms with Gasteiger partial charge in [0.15, 0.2) is 6.04 Å². The van der Waals surface area contributed by atoms with E-state index >= 15 is 0 Å². The monoisotopic (exact) mass is 117 g/mol. The summed E-state index contributed by atoms with van der Waals surface area (Å²) in [5.74, 6) is 5.64. The first-order chi connectivity index (χ1) is 4.47. The van der Waals surface area contributed by atoms with Gasteiger partial charge in [0.05, 0.1) is 0 Å². The minimum Gasteiger partial charge on any atom is -0.146 e. The van der Waals surface area contributed by atoms with Crippen molar-refractivity contribution in [3.63, 3.8) is 0 Å². The van der Waals surface area contributed by atoms with Gasteiger partial charge in [0.25, 0.3) is 0 Å². The van der Waals surface area contributed by atoms with Gasteiger partial charge in [-0.15, -0.1) is 10.2 Å². The van der Waals surface area contributed by atoms with E-state index in [0.29, 0.717) is 0 Å². The van der Waals surface area contributed by atoms with Gasteiger partial charge in [-0.25, -0.2) is 0 Å². The van der Waals surface area contributed by atoms with Crippen LogP contribution in [-0.2, 0) is 0 Å². The second kappa shape index (κ2) is 1.52. The first-order valence-corrected chi connectivity index (χ1v) is 2.62. The first-order valence-electron chi connectivity index (χ1n) is 2.62. The van der Waals surface area contributed by atoms with E-state index in [2.05, 4.69) is 27.3 Å². The minimum atomic E-state index is -0.0741. The van der Waals surface area contributed by atoms with Crippen molar-refractivity contribution in [2.45, 2.75) is 6.04 Å². The van der Waals surface area contributed by atoms with Crippen molar-refractivity contribution in [1.82, 2.24) is 0 Å². The van der Waals surface area contributed by atoms with Crippen molar-refractivity contribution >= 4 is 5.71 Å². The molecule has 0 aromatic rings. The molecule has 0 aromatic carbocycles. The maximum Gasteiger partial charge on any atom is 0.177 e. The van der Waals surface area contributed by atoms with Crippen LogP contribution in [0.3, 0.4) is 0 Å². The average molecular weight is 117 g/mol. The molecule has 3 nitrogen and oxygen atoms in total. The fraction of sp³-hybridized carbons (Fsp3) is 0.167. The second-order valence-electron chi connectivity index (χ2n) is 1.75. The summed E-state index contributed by atoms with van der Waals surface area (Å²) in [5.41, 5.74) is 0.855. The van der Waals surface area contributed by atoms with Gasteiger partial charge in [-0.2, -0.15) is 0 Å². The van der Waals surface area contributed by atoms with Crippen LogP contribution in [0, 0.1) is 11.8 Å². The summed E-state index contributed by atoms with van der Waals surface area (Å²) in [7, 11) is 0. The van der Waals surface area contributed by atoms with Crippen molar-refractivity contribution in [3.8, 4) is 11.8 Å². The molecule has 9 heavy (non-hydrogen) atoms. The third kappa shape index (κ3) is 0.566. The summed E-state index contributed by atoms with van der Waals surface area (Å²) >= 11 is 0. The molecular formula is C6H3N3. The van der Waals surface area contributed by atoms with Crippen LogP contribution in [0.25, 0.3) is 0 Å². The van der Waals surface area contributed by atoms with Gasteiger partial charge in [-0.1, -0.05) is 11.8 Å². The zero-order chi connectivity index (χ0) is 6.10.